The molecule has 0 radical (unpaired) electrons. The maximum atomic E-state index is 13.0. The first-order valence-electron chi connectivity index (χ1n) is 9.92. The molecule has 0 aromatic heterocycles. The van der Waals surface area contributed by atoms with Crippen molar-refractivity contribution >= 4 is 29.4 Å². The molecule has 2 aromatic rings. The predicted octanol–water partition coefficient (Wildman–Crippen LogP) is 2.77. The molecule has 31 heavy (non-hydrogen) atoms. The smallest absolute Gasteiger partial charge is 0.308 e. The van der Waals surface area contributed by atoms with E-state index in [-0.39, 0.29) is 37.6 Å². The van der Waals surface area contributed by atoms with E-state index in [0.29, 0.717) is 17.0 Å². The van der Waals surface area contributed by atoms with Gasteiger partial charge in [0, 0.05) is 24.9 Å². The second kappa shape index (κ2) is 9.88. The number of carbonyl (C=O) groups is 4. The molecule has 0 aliphatic carbocycles. The molecule has 0 spiro atoms. The van der Waals surface area contributed by atoms with E-state index in [2.05, 4.69) is 5.32 Å². The summed E-state index contributed by atoms with van der Waals surface area (Å²) in [5.41, 5.74) is 1.87. The van der Waals surface area contributed by atoms with Gasteiger partial charge in [0.15, 0.2) is 0 Å². The number of imide groups is 1. The molecule has 0 unspecified atom stereocenters. The van der Waals surface area contributed by atoms with Crippen molar-refractivity contribution in [3.8, 4) is 5.75 Å². The highest BCUT2D eigenvalue weighted by molar-refractivity contribution is 6.02. The minimum Gasteiger partial charge on any atom is -0.495 e. The number of hydrogen-bond acceptors (Lipinski definition) is 6. The van der Waals surface area contributed by atoms with Gasteiger partial charge in [-0.25, -0.2) is 0 Å². The molecule has 1 heterocycles. The number of likely N-dealkylation sites (tertiary alicyclic amines) is 1. The van der Waals surface area contributed by atoms with Gasteiger partial charge in [-0.3, -0.25) is 24.1 Å². The molecule has 8 nitrogen and oxygen atoms in total. The Balaban J connectivity index is 1.73. The van der Waals surface area contributed by atoms with Crippen molar-refractivity contribution in [2.75, 3.05) is 19.0 Å². The summed E-state index contributed by atoms with van der Waals surface area (Å²) in [7, 11) is 1.50. The molecule has 2 aromatic carbocycles. The average Bonchev–Trinajstić information content (AvgIpc) is 3.08. The number of carbonyl (C=O) groups excluding carboxylic acids is 4. The number of ether oxygens (including phenoxy) is 2. The van der Waals surface area contributed by atoms with Crippen LogP contribution in [-0.2, 0) is 23.9 Å². The number of esters is 1. The van der Waals surface area contributed by atoms with Crippen molar-refractivity contribution in [1.82, 2.24) is 4.90 Å². The molecule has 3 rings (SSSR count). The molecule has 3 amide bonds. The van der Waals surface area contributed by atoms with Crippen LogP contribution in [0.1, 0.15) is 36.5 Å². The average molecular weight is 424 g/mol. The van der Waals surface area contributed by atoms with E-state index in [4.69, 9.17) is 9.47 Å². The highest BCUT2D eigenvalue weighted by Crippen LogP contribution is 2.28. The lowest BCUT2D eigenvalue weighted by atomic mass is 10.1. The Morgan fingerprint density at radius 3 is 2.39 bits per heavy atom. The van der Waals surface area contributed by atoms with Gasteiger partial charge in [-0.05, 0) is 24.6 Å². The number of rotatable bonds is 8. The van der Waals surface area contributed by atoms with Crippen LogP contribution in [0.15, 0.2) is 48.5 Å². The molecule has 1 saturated heterocycles. The number of nitrogens with zero attached hydrogens (tertiary/aromatic N) is 1. The van der Waals surface area contributed by atoms with Crippen molar-refractivity contribution in [3.05, 3.63) is 59.7 Å². The number of methoxy groups -OCH3 is 1. The standard InChI is InChI=1S/C23H24N2O6/c1-15-8-9-18(30-2)17(14-15)24-23(29)22(16-6-4-3-5-7-16)31-21(28)12-13-25-19(26)10-11-20(25)27/h3-9,14,22H,10-13H2,1-2H3,(H,24,29)/t22-/m0/s1. The Labute approximate surface area is 180 Å². The van der Waals surface area contributed by atoms with E-state index in [1.165, 1.54) is 7.11 Å². The first-order valence-corrected chi connectivity index (χ1v) is 9.92. The first-order chi connectivity index (χ1) is 14.9. The second-order valence-corrected chi connectivity index (χ2v) is 7.16. The van der Waals surface area contributed by atoms with Crippen molar-refractivity contribution < 1.29 is 28.7 Å². The number of nitrogens with one attached hydrogen (secondary N) is 1. The Morgan fingerprint density at radius 2 is 1.74 bits per heavy atom. The van der Waals surface area contributed by atoms with E-state index in [0.717, 1.165) is 10.5 Å². The molecule has 1 fully saturated rings. The summed E-state index contributed by atoms with van der Waals surface area (Å²) >= 11 is 0. The fraction of sp³-hybridized carbons (Fsp3) is 0.304. The molecule has 0 bridgehead atoms. The van der Waals surface area contributed by atoms with Crippen LogP contribution in [0.3, 0.4) is 0 Å². The van der Waals surface area contributed by atoms with Crippen LogP contribution < -0.4 is 10.1 Å². The minimum atomic E-state index is -1.20. The van der Waals surface area contributed by atoms with Gasteiger partial charge >= 0.3 is 5.97 Å². The third kappa shape index (κ3) is 5.48. The predicted molar refractivity (Wildman–Crippen MR) is 112 cm³/mol. The van der Waals surface area contributed by atoms with Gasteiger partial charge in [0.05, 0.1) is 19.2 Å². The number of amides is 3. The molecule has 162 valence electrons. The van der Waals surface area contributed by atoms with Crippen LogP contribution >= 0.6 is 0 Å². The molecule has 1 aliphatic rings. The second-order valence-electron chi connectivity index (χ2n) is 7.16. The molecular formula is C23H24N2O6. The van der Waals surface area contributed by atoms with Gasteiger partial charge in [-0.1, -0.05) is 36.4 Å². The highest BCUT2D eigenvalue weighted by Gasteiger charge is 2.30. The van der Waals surface area contributed by atoms with Crippen LogP contribution in [0.2, 0.25) is 0 Å². The molecular weight excluding hydrogens is 400 g/mol. The van der Waals surface area contributed by atoms with Crippen LogP contribution in [0, 0.1) is 6.92 Å². The lowest BCUT2D eigenvalue weighted by Gasteiger charge is -2.20. The summed E-state index contributed by atoms with van der Waals surface area (Å²) in [6.07, 6.45) is -1.09. The first kappa shape index (κ1) is 22.0. The zero-order chi connectivity index (χ0) is 22.4. The molecule has 8 heteroatoms. The van der Waals surface area contributed by atoms with Gasteiger partial charge < -0.3 is 14.8 Å². The van der Waals surface area contributed by atoms with Gasteiger partial charge in [0.2, 0.25) is 17.9 Å². The normalized spacial score (nSPS) is 14.3. The fourth-order valence-electron chi connectivity index (χ4n) is 3.28. The Kier molecular flexibility index (Phi) is 7.02. The Morgan fingerprint density at radius 1 is 1.06 bits per heavy atom. The number of anilines is 1. The van der Waals surface area contributed by atoms with Crippen LogP contribution in [0.25, 0.3) is 0 Å². The zero-order valence-corrected chi connectivity index (χ0v) is 17.4. The third-order valence-corrected chi connectivity index (χ3v) is 4.90. The monoisotopic (exact) mass is 424 g/mol. The zero-order valence-electron chi connectivity index (χ0n) is 17.4. The van der Waals surface area contributed by atoms with E-state index in [9.17, 15) is 19.2 Å². The maximum Gasteiger partial charge on any atom is 0.308 e. The maximum absolute atomic E-state index is 13.0. The van der Waals surface area contributed by atoms with Gasteiger partial charge in [0.25, 0.3) is 5.91 Å². The van der Waals surface area contributed by atoms with Gasteiger partial charge in [-0.2, -0.15) is 0 Å². The Bertz CT molecular complexity index is 973. The van der Waals surface area contributed by atoms with Crippen molar-refractivity contribution in [3.63, 3.8) is 0 Å². The quantitative estimate of drug-likeness (QED) is 0.516. The van der Waals surface area contributed by atoms with E-state index >= 15 is 0 Å². The minimum absolute atomic E-state index is 0.0642. The van der Waals surface area contributed by atoms with Crippen molar-refractivity contribution in [2.45, 2.75) is 32.3 Å². The number of aryl methyl sites for hydroxylation is 1. The SMILES string of the molecule is COc1ccc(C)cc1NC(=O)[C@@H](OC(=O)CCN1C(=O)CCC1=O)c1ccccc1. The van der Waals surface area contributed by atoms with Crippen LogP contribution in [0.5, 0.6) is 5.75 Å². The van der Waals surface area contributed by atoms with Crippen molar-refractivity contribution in [1.29, 1.82) is 0 Å². The fourth-order valence-corrected chi connectivity index (χ4v) is 3.28. The van der Waals surface area contributed by atoms with E-state index in [1.54, 1.807) is 42.5 Å². The molecule has 1 N–H and O–H groups in total. The molecule has 0 saturated carbocycles. The third-order valence-electron chi connectivity index (χ3n) is 4.90. The highest BCUT2D eigenvalue weighted by atomic mass is 16.5. The van der Waals surface area contributed by atoms with Gasteiger partial charge in [0.1, 0.15) is 5.75 Å². The number of hydrogen-bond donors (Lipinski definition) is 1. The van der Waals surface area contributed by atoms with Gasteiger partial charge in [-0.15, -0.1) is 0 Å². The summed E-state index contributed by atoms with van der Waals surface area (Å²) < 4.78 is 10.8. The summed E-state index contributed by atoms with van der Waals surface area (Å²) in [4.78, 5) is 50.0. The summed E-state index contributed by atoms with van der Waals surface area (Å²) in [5.74, 6) is -1.36. The molecule has 1 atom stereocenters. The van der Waals surface area contributed by atoms with E-state index in [1.807, 2.05) is 13.0 Å². The lowest BCUT2D eigenvalue weighted by molar-refractivity contribution is -0.155. The van der Waals surface area contributed by atoms with Crippen LogP contribution in [0.4, 0.5) is 5.69 Å². The summed E-state index contributed by atoms with van der Waals surface area (Å²) in [6.45, 7) is 1.82. The molecule has 1 aliphatic heterocycles. The topological polar surface area (TPSA) is 102 Å². The number of benzene rings is 2. The Hall–Kier alpha value is -3.68. The largest absolute Gasteiger partial charge is 0.495 e. The van der Waals surface area contributed by atoms with Crippen LogP contribution in [-0.4, -0.2) is 42.2 Å². The van der Waals surface area contributed by atoms with E-state index < -0.39 is 18.0 Å². The summed E-state index contributed by atoms with van der Waals surface area (Å²) in [5, 5.41) is 2.76. The lowest BCUT2D eigenvalue weighted by Crippen LogP contribution is -2.32. The van der Waals surface area contributed by atoms with Crippen molar-refractivity contribution in [2.24, 2.45) is 0 Å². The summed E-state index contributed by atoms with van der Waals surface area (Å²) in [6, 6.07) is 14.0.